The Kier molecular flexibility index (Phi) is 4.89. The molecule has 0 aliphatic carbocycles. The van der Waals surface area contributed by atoms with Gasteiger partial charge in [-0.05, 0) is 17.9 Å². The second kappa shape index (κ2) is 6.65. The number of nitrogens with zero attached hydrogens (tertiary/aromatic N) is 2. The van der Waals surface area contributed by atoms with Gasteiger partial charge in [0.25, 0.3) is 0 Å². The summed E-state index contributed by atoms with van der Waals surface area (Å²) in [7, 11) is 3.37. The highest BCUT2D eigenvalue weighted by Crippen LogP contribution is 2.26. The van der Waals surface area contributed by atoms with E-state index in [1.165, 1.54) is 0 Å². The van der Waals surface area contributed by atoms with Gasteiger partial charge in [0.05, 0.1) is 18.1 Å². The summed E-state index contributed by atoms with van der Waals surface area (Å²) in [5.74, 6) is 1.38. The Morgan fingerprint density at radius 2 is 2.32 bits per heavy atom. The number of aromatic nitrogens is 2. The molecule has 2 heterocycles. The fourth-order valence-electron chi connectivity index (χ4n) is 1.73. The summed E-state index contributed by atoms with van der Waals surface area (Å²) in [6.07, 6.45) is 0.152. The Hall–Kier alpha value is -1.44. The van der Waals surface area contributed by atoms with Crippen LogP contribution in [0.5, 0.6) is 0 Å². The van der Waals surface area contributed by atoms with Crippen LogP contribution in [0.1, 0.15) is 6.42 Å². The molecule has 0 aromatic carbocycles. The monoisotopic (exact) mass is 282 g/mol. The summed E-state index contributed by atoms with van der Waals surface area (Å²) in [6.45, 7) is 0.983. The van der Waals surface area contributed by atoms with Crippen molar-refractivity contribution in [3.63, 3.8) is 0 Å². The first-order valence-corrected chi connectivity index (χ1v) is 6.96. The highest BCUT2D eigenvalue weighted by atomic mass is 32.1. The van der Waals surface area contributed by atoms with E-state index in [4.69, 9.17) is 4.74 Å². The molecule has 0 radical (unpaired) electrons. The minimum atomic E-state index is -0.457. The van der Waals surface area contributed by atoms with Crippen molar-refractivity contribution < 1.29 is 9.84 Å². The normalized spacial score (nSPS) is 12.6. The maximum Gasteiger partial charge on any atom is 0.225 e. The number of fused-ring (bicyclic) bond motifs is 1. The van der Waals surface area contributed by atoms with Crippen LogP contribution in [0.2, 0.25) is 0 Å². The van der Waals surface area contributed by atoms with Gasteiger partial charge in [-0.3, -0.25) is 0 Å². The molecular formula is C12H18N4O2S. The lowest BCUT2D eigenvalue weighted by molar-refractivity contribution is 0.0615. The topological polar surface area (TPSA) is 79.3 Å². The zero-order valence-electron chi connectivity index (χ0n) is 11.0. The first-order chi connectivity index (χ1) is 9.24. The van der Waals surface area contributed by atoms with Crippen LogP contribution in [0.4, 0.5) is 11.8 Å². The molecule has 0 spiro atoms. The molecule has 7 heteroatoms. The summed E-state index contributed by atoms with van der Waals surface area (Å²) in [6, 6.07) is 1.99. The van der Waals surface area contributed by atoms with E-state index in [1.54, 1.807) is 25.5 Å². The molecule has 3 N–H and O–H groups in total. The third-order valence-electron chi connectivity index (χ3n) is 2.68. The maximum absolute atomic E-state index is 9.59. The number of hydrogen-bond donors (Lipinski definition) is 3. The van der Waals surface area contributed by atoms with Crippen LogP contribution < -0.4 is 10.6 Å². The van der Waals surface area contributed by atoms with Gasteiger partial charge in [-0.15, -0.1) is 11.3 Å². The molecule has 1 unspecified atom stereocenters. The summed E-state index contributed by atoms with van der Waals surface area (Å²) >= 11 is 1.58. The van der Waals surface area contributed by atoms with Gasteiger partial charge >= 0.3 is 0 Å². The predicted octanol–water partition coefficient (Wildman–Crippen LogP) is 1.54. The molecule has 0 fully saturated rings. The Morgan fingerprint density at radius 1 is 1.47 bits per heavy atom. The number of nitrogens with one attached hydrogen (secondary N) is 2. The van der Waals surface area contributed by atoms with Crippen LogP contribution >= 0.6 is 11.3 Å². The number of aliphatic hydroxyl groups is 1. The summed E-state index contributed by atoms with van der Waals surface area (Å²) < 4.78 is 4.89. The van der Waals surface area contributed by atoms with Crippen molar-refractivity contribution in [2.45, 2.75) is 12.5 Å². The zero-order valence-corrected chi connectivity index (χ0v) is 11.8. The van der Waals surface area contributed by atoms with E-state index in [0.717, 1.165) is 16.0 Å². The van der Waals surface area contributed by atoms with Gasteiger partial charge in [-0.1, -0.05) is 0 Å². The van der Waals surface area contributed by atoms with E-state index in [1.807, 2.05) is 11.4 Å². The van der Waals surface area contributed by atoms with Gasteiger partial charge in [-0.2, -0.15) is 4.98 Å². The van der Waals surface area contributed by atoms with Gasteiger partial charge in [0.1, 0.15) is 10.6 Å². The third kappa shape index (κ3) is 3.52. The summed E-state index contributed by atoms with van der Waals surface area (Å²) in [5.41, 5.74) is 0. The Labute approximate surface area is 115 Å². The Morgan fingerprint density at radius 3 is 3.05 bits per heavy atom. The van der Waals surface area contributed by atoms with E-state index in [2.05, 4.69) is 20.6 Å². The average molecular weight is 282 g/mol. The second-order valence-corrected chi connectivity index (χ2v) is 5.00. The lowest BCUT2D eigenvalue weighted by Crippen LogP contribution is -2.18. The molecule has 0 aliphatic rings. The standard InChI is InChI=1S/C12H18N4O2S/c1-13-12-15-10(9-4-6-19-11(9)16-12)14-5-3-8(17)7-18-2/h4,6,8,17H,3,5,7H2,1-2H3,(H2,13,14,15,16). The lowest BCUT2D eigenvalue weighted by atomic mass is 10.2. The van der Waals surface area contributed by atoms with Crippen LogP contribution in [0.3, 0.4) is 0 Å². The summed E-state index contributed by atoms with van der Waals surface area (Å²) in [5, 5.41) is 18.8. The zero-order chi connectivity index (χ0) is 13.7. The number of hydrogen-bond acceptors (Lipinski definition) is 7. The third-order valence-corrected chi connectivity index (χ3v) is 3.48. The first-order valence-electron chi connectivity index (χ1n) is 6.08. The van der Waals surface area contributed by atoms with E-state index in [-0.39, 0.29) is 0 Å². The molecule has 19 heavy (non-hydrogen) atoms. The molecule has 0 amide bonds. The molecule has 0 saturated carbocycles. The van der Waals surface area contributed by atoms with Gasteiger partial charge in [0.15, 0.2) is 0 Å². The number of aliphatic hydroxyl groups excluding tert-OH is 1. The molecule has 104 valence electrons. The van der Waals surface area contributed by atoms with Crippen LogP contribution in [0.25, 0.3) is 10.2 Å². The smallest absolute Gasteiger partial charge is 0.225 e. The average Bonchev–Trinajstić information content (AvgIpc) is 2.87. The number of ether oxygens (including phenoxy) is 1. The van der Waals surface area contributed by atoms with Gasteiger partial charge in [0.2, 0.25) is 5.95 Å². The number of rotatable bonds is 7. The maximum atomic E-state index is 9.59. The van der Waals surface area contributed by atoms with Crippen molar-refractivity contribution in [2.24, 2.45) is 0 Å². The molecule has 2 aromatic rings. The first kappa shape index (κ1) is 14.0. The highest BCUT2D eigenvalue weighted by molar-refractivity contribution is 7.16. The van der Waals surface area contributed by atoms with E-state index >= 15 is 0 Å². The van der Waals surface area contributed by atoms with Crippen LogP contribution in [0.15, 0.2) is 11.4 Å². The molecular weight excluding hydrogens is 264 g/mol. The Bertz CT molecular complexity index is 531. The number of anilines is 2. The number of thiophene rings is 1. The van der Waals surface area contributed by atoms with Crippen molar-refractivity contribution in [2.75, 3.05) is 37.9 Å². The molecule has 1 atom stereocenters. The highest BCUT2D eigenvalue weighted by Gasteiger charge is 2.09. The van der Waals surface area contributed by atoms with Gasteiger partial charge in [-0.25, -0.2) is 4.98 Å². The molecule has 0 bridgehead atoms. The SMILES string of the molecule is CNc1nc(NCCC(O)COC)c2ccsc2n1. The Balaban J connectivity index is 2.04. The van der Waals surface area contributed by atoms with Crippen molar-refractivity contribution in [3.05, 3.63) is 11.4 Å². The second-order valence-electron chi connectivity index (χ2n) is 4.11. The summed E-state index contributed by atoms with van der Waals surface area (Å²) in [4.78, 5) is 9.71. The van der Waals surface area contributed by atoms with Crippen LogP contribution in [-0.2, 0) is 4.74 Å². The van der Waals surface area contributed by atoms with Crippen molar-refractivity contribution in [3.8, 4) is 0 Å². The number of methoxy groups -OCH3 is 1. The van der Waals surface area contributed by atoms with E-state index in [0.29, 0.717) is 25.5 Å². The van der Waals surface area contributed by atoms with Crippen LogP contribution in [-0.4, -0.2) is 48.5 Å². The van der Waals surface area contributed by atoms with Crippen LogP contribution in [0, 0.1) is 0 Å². The van der Waals surface area contributed by atoms with Crippen molar-refractivity contribution in [1.29, 1.82) is 0 Å². The largest absolute Gasteiger partial charge is 0.391 e. The van der Waals surface area contributed by atoms with Crippen molar-refractivity contribution in [1.82, 2.24) is 9.97 Å². The fourth-order valence-corrected chi connectivity index (χ4v) is 2.50. The molecule has 2 aromatic heterocycles. The van der Waals surface area contributed by atoms with E-state index in [9.17, 15) is 5.11 Å². The fraction of sp³-hybridized carbons (Fsp3) is 0.500. The molecule has 0 aliphatic heterocycles. The minimum Gasteiger partial charge on any atom is -0.391 e. The minimum absolute atomic E-state index is 0.348. The quantitative estimate of drug-likeness (QED) is 0.715. The van der Waals surface area contributed by atoms with Crippen molar-refractivity contribution >= 4 is 33.3 Å². The predicted molar refractivity (Wildman–Crippen MR) is 78.0 cm³/mol. The lowest BCUT2D eigenvalue weighted by Gasteiger charge is -2.11. The van der Waals surface area contributed by atoms with Gasteiger partial charge < -0.3 is 20.5 Å². The molecule has 0 saturated heterocycles. The van der Waals surface area contributed by atoms with Gasteiger partial charge in [0, 0.05) is 20.7 Å². The molecule has 2 rings (SSSR count). The van der Waals surface area contributed by atoms with E-state index < -0.39 is 6.10 Å². The molecule has 6 nitrogen and oxygen atoms in total.